The Balaban J connectivity index is 1.04. The van der Waals surface area contributed by atoms with E-state index in [1.165, 1.54) is 72.8 Å². The van der Waals surface area contributed by atoms with Gasteiger partial charge in [0, 0.05) is 49.5 Å². The fourth-order valence-electron chi connectivity index (χ4n) is 15.9. The number of hydrogen-bond donors (Lipinski definition) is 0. The Morgan fingerprint density at radius 1 is 0.271 bits per heavy atom. The second-order valence-electron chi connectivity index (χ2n) is 26.7. The topological polar surface area (TPSA) is 48.5 Å². The van der Waals surface area contributed by atoms with Crippen molar-refractivity contribution >= 4 is 43.6 Å². The van der Waals surface area contributed by atoms with Crippen molar-refractivity contribution in [1.29, 1.82) is 0 Å². The standard InChI is InChI=1S/C88H72F3N5/c1-49-35-53(5)81(54(6)36-49)63-23-30-76-71(43-63)72-44-64(82-55(7)37-50(2)38-56(82)8)24-31-77(72)95(76)68-28-29-75(88(89,90)91)69(48-68)70-47-67(87-93-85(61-19-15-13-16-20-61)92-86(94-87)62-21-17-14-18-22-62)27-34-78(70)96-79-32-25-65(83-57(9)39-51(3)40-58(83)10)45-73(79)74-46-66(26-33-80(74)96)84-59(11)41-52(4)42-60(84)12/h13-48H,1-12H3. The minimum absolute atomic E-state index is 0.00225. The molecule has 0 saturated heterocycles. The summed E-state index contributed by atoms with van der Waals surface area (Å²) >= 11 is 0. The summed E-state index contributed by atoms with van der Waals surface area (Å²) in [5.74, 6) is 1.19. The lowest BCUT2D eigenvalue weighted by molar-refractivity contribution is -0.137. The van der Waals surface area contributed by atoms with Gasteiger partial charge in [-0.05, 0) is 263 Å². The molecule has 0 bridgehead atoms. The normalized spacial score (nSPS) is 11.9. The summed E-state index contributed by atoms with van der Waals surface area (Å²) < 4.78 is 54.5. The largest absolute Gasteiger partial charge is 0.417 e. The van der Waals surface area contributed by atoms with Gasteiger partial charge in [0.2, 0.25) is 0 Å². The molecule has 0 aliphatic heterocycles. The first kappa shape index (κ1) is 61.2. The minimum Gasteiger partial charge on any atom is -0.309 e. The van der Waals surface area contributed by atoms with E-state index in [1.807, 2.05) is 78.9 Å². The van der Waals surface area contributed by atoms with Crippen molar-refractivity contribution in [3.63, 3.8) is 0 Å². The zero-order valence-corrected chi connectivity index (χ0v) is 56.2. The Morgan fingerprint density at radius 3 is 0.917 bits per heavy atom. The molecule has 3 heterocycles. The molecule has 0 radical (unpaired) electrons. The monoisotopic (exact) mass is 1260 g/mol. The van der Waals surface area contributed by atoms with Crippen LogP contribution in [0.15, 0.2) is 218 Å². The van der Waals surface area contributed by atoms with Crippen molar-refractivity contribution in [2.45, 2.75) is 89.3 Å². The first-order valence-corrected chi connectivity index (χ1v) is 32.9. The molecule has 8 heteroatoms. The fourth-order valence-corrected chi connectivity index (χ4v) is 15.9. The Kier molecular flexibility index (Phi) is 15.0. The minimum atomic E-state index is -4.80. The van der Waals surface area contributed by atoms with Crippen LogP contribution < -0.4 is 0 Å². The quantitative estimate of drug-likeness (QED) is 0.137. The molecule has 470 valence electrons. The van der Waals surface area contributed by atoms with Gasteiger partial charge in [0.1, 0.15) is 0 Å². The number of hydrogen-bond acceptors (Lipinski definition) is 3. The molecule has 0 saturated carbocycles. The summed E-state index contributed by atoms with van der Waals surface area (Å²) in [7, 11) is 0. The molecule has 0 spiro atoms. The predicted octanol–water partition coefficient (Wildman–Crippen LogP) is 24.1. The maximum Gasteiger partial charge on any atom is 0.417 e. The van der Waals surface area contributed by atoms with Crippen LogP contribution in [-0.2, 0) is 6.18 Å². The predicted molar refractivity (Wildman–Crippen MR) is 394 cm³/mol. The number of aromatic nitrogens is 5. The van der Waals surface area contributed by atoms with E-state index in [1.54, 1.807) is 12.1 Å². The van der Waals surface area contributed by atoms with Crippen LogP contribution in [-0.4, -0.2) is 24.1 Å². The van der Waals surface area contributed by atoms with Gasteiger partial charge in [0.15, 0.2) is 17.5 Å². The molecule has 0 amide bonds. The first-order chi connectivity index (χ1) is 46.1. The van der Waals surface area contributed by atoms with Gasteiger partial charge in [0.05, 0.1) is 33.3 Å². The Labute approximate surface area is 558 Å². The van der Waals surface area contributed by atoms with Crippen LogP contribution in [0.3, 0.4) is 0 Å². The van der Waals surface area contributed by atoms with E-state index in [4.69, 9.17) is 15.0 Å². The molecule has 0 atom stereocenters. The summed E-state index contributed by atoms with van der Waals surface area (Å²) in [5.41, 5.74) is 29.2. The van der Waals surface area contributed by atoms with Gasteiger partial charge in [-0.15, -0.1) is 0 Å². The van der Waals surface area contributed by atoms with Crippen LogP contribution >= 0.6 is 0 Å². The lowest BCUT2D eigenvalue weighted by atomic mass is 9.91. The Morgan fingerprint density at radius 2 is 0.583 bits per heavy atom. The van der Waals surface area contributed by atoms with E-state index in [9.17, 15) is 0 Å². The molecule has 0 unspecified atom stereocenters. The maximum atomic E-state index is 16.7. The summed E-state index contributed by atoms with van der Waals surface area (Å²) in [6.45, 7) is 25.8. The highest BCUT2D eigenvalue weighted by Crippen LogP contribution is 2.48. The molecule has 3 aromatic heterocycles. The molecule has 12 aromatic carbocycles. The van der Waals surface area contributed by atoms with Crippen LogP contribution in [0.4, 0.5) is 13.2 Å². The highest BCUT2D eigenvalue weighted by molar-refractivity contribution is 6.14. The number of aryl methyl sites for hydroxylation is 12. The third kappa shape index (κ3) is 10.7. The summed E-state index contributed by atoms with van der Waals surface area (Å²) in [6, 6.07) is 74.0. The van der Waals surface area contributed by atoms with Crippen LogP contribution in [0.1, 0.15) is 72.3 Å². The van der Waals surface area contributed by atoms with Crippen LogP contribution in [0.2, 0.25) is 0 Å². The van der Waals surface area contributed by atoms with Crippen LogP contribution in [0.5, 0.6) is 0 Å². The number of benzene rings is 12. The zero-order valence-electron chi connectivity index (χ0n) is 56.2. The van der Waals surface area contributed by atoms with Gasteiger partial charge < -0.3 is 9.13 Å². The second kappa shape index (κ2) is 23.5. The van der Waals surface area contributed by atoms with Gasteiger partial charge in [-0.3, -0.25) is 0 Å². The highest BCUT2D eigenvalue weighted by atomic mass is 19.4. The lowest BCUT2D eigenvalue weighted by Crippen LogP contribution is -2.10. The lowest BCUT2D eigenvalue weighted by Gasteiger charge is -2.21. The van der Waals surface area contributed by atoms with Crippen molar-refractivity contribution in [3.8, 4) is 101 Å². The molecule has 15 rings (SSSR count). The van der Waals surface area contributed by atoms with Gasteiger partial charge >= 0.3 is 6.18 Å². The van der Waals surface area contributed by atoms with Crippen molar-refractivity contribution in [2.75, 3.05) is 0 Å². The van der Waals surface area contributed by atoms with Crippen LogP contribution in [0.25, 0.3) is 145 Å². The number of fused-ring (bicyclic) bond motifs is 6. The average molecular weight is 1260 g/mol. The SMILES string of the molecule is Cc1cc(C)c(-c2ccc3c(c2)c2cc(-c4c(C)cc(C)cc4C)ccc2n3-c2ccc(C(F)(F)F)c(-c3cc(-c4nc(-c5ccccc5)nc(-c5ccccc5)n4)ccc3-n3c4ccc(-c5c(C)cc(C)cc5C)cc4c4cc(-c5c(C)cc(C)cc5C)ccc43)c2)c(C)c1. The van der Waals surface area contributed by atoms with E-state index in [0.717, 1.165) is 99.2 Å². The number of rotatable bonds is 10. The molecule has 0 aliphatic rings. The average Bonchev–Trinajstić information content (AvgIpc) is 1.55. The third-order valence-electron chi connectivity index (χ3n) is 19.4. The first-order valence-electron chi connectivity index (χ1n) is 32.9. The third-order valence-corrected chi connectivity index (χ3v) is 19.4. The second-order valence-corrected chi connectivity index (χ2v) is 26.7. The van der Waals surface area contributed by atoms with E-state index in [2.05, 4.69) is 214 Å². The summed E-state index contributed by atoms with van der Waals surface area (Å²) in [4.78, 5) is 15.4. The molecule has 15 aromatic rings. The van der Waals surface area contributed by atoms with Crippen molar-refractivity contribution < 1.29 is 13.2 Å². The van der Waals surface area contributed by atoms with E-state index < -0.39 is 11.7 Å². The fraction of sp³-hybridized carbons (Fsp3) is 0.148. The van der Waals surface area contributed by atoms with Crippen molar-refractivity contribution in [2.24, 2.45) is 0 Å². The molecule has 0 aliphatic carbocycles. The zero-order chi connectivity index (χ0) is 66.7. The van der Waals surface area contributed by atoms with Crippen molar-refractivity contribution in [1.82, 2.24) is 24.1 Å². The van der Waals surface area contributed by atoms with E-state index in [-0.39, 0.29) is 5.56 Å². The maximum absolute atomic E-state index is 16.7. The van der Waals surface area contributed by atoms with E-state index >= 15 is 13.2 Å². The smallest absolute Gasteiger partial charge is 0.309 e. The molecular formula is C88H72F3N5. The molecule has 5 nitrogen and oxygen atoms in total. The van der Waals surface area contributed by atoms with Crippen LogP contribution in [0, 0.1) is 83.1 Å². The summed E-state index contributed by atoms with van der Waals surface area (Å²) in [5, 5.41) is 3.92. The van der Waals surface area contributed by atoms with Gasteiger partial charge in [-0.25, -0.2) is 15.0 Å². The molecule has 0 N–H and O–H groups in total. The van der Waals surface area contributed by atoms with Gasteiger partial charge in [-0.1, -0.05) is 156 Å². The number of halogens is 3. The molecule has 0 fully saturated rings. The molecular weight excluding hydrogens is 1180 g/mol. The number of alkyl halides is 3. The highest BCUT2D eigenvalue weighted by Gasteiger charge is 2.36. The summed E-state index contributed by atoms with van der Waals surface area (Å²) in [6.07, 6.45) is -4.80. The van der Waals surface area contributed by atoms with Crippen molar-refractivity contribution in [3.05, 3.63) is 291 Å². The Hall–Kier alpha value is -11.0. The Bertz CT molecular complexity index is 5330. The van der Waals surface area contributed by atoms with Gasteiger partial charge in [0.25, 0.3) is 0 Å². The molecule has 96 heavy (non-hydrogen) atoms. The number of nitrogens with zero attached hydrogens (tertiary/aromatic N) is 5. The van der Waals surface area contributed by atoms with E-state index in [0.29, 0.717) is 40.0 Å². The van der Waals surface area contributed by atoms with Gasteiger partial charge in [-0.2, -0.15) is 13.2 Å².